The molecule has 0 rings (SSSR count). The molecule has 0 bridgehead atoms. The zero-order chi connectivity index (χ0) is 41.7. The lowest BCUT2D eigenvalue weighted by Crippen LogP contribution is -2.47. The lowest BCUT2D eigenvalue weighted by molar-refractivity contribution is -0.172. The van der Waals surface area contributed by atoms with Crippen molar-refractivity contribution >= 4 is 57.5 Å². The van der Waals surface area contributed by atoms with Crippen LogP contribution in [0.15, 0.2) is 0 Å². The van der Waals surface area contributed by atoms with Crippen LogP contribution in [-0.4, -0.2) is 133 Å². The average Bonchev–Trinajstić information content (AvgIpc) is 2.92. The number of likely N-dealkylation sites (N-methyl/N-ethyl adjacent to an activating group) is 2. The summed E-state index contributed by atoms with van der Waals surface area (Å²) in [5, 5.41) is 8.76. The van der Waals surface area contributed by atoms with E-state index in [1.807, 2.05) is 0 Å². The number of alkyl halides is 4. The van der Waals surface area contributed by atoms with Gasteiger partial charge in [-0.25, -0.2) is 32.8 Å². The van der Waals surface area contributed by atoms with Gasteiger partial charge in [0.25, 0.3) is 5.92 Å². The number of aliphatic hydroxyl groups excluding tert-OH is 1. The van der Waals surface area contributed by atoms with E-state index in [4.69, 9.17) is 33.5 Å². The van der Waals surface area contributed by atoms with Crippen LogP contribution < -0.4 is 0 Å². The monoisotopic (exact) mass is 834 g/mol. The molecule has 2 atom stereocenters. The average molecular weight is 835 g/mol. The Labute approximate surface area is 329 Å². The van der Waals surface area contributed by atoms with Crippen molar-refractivity contribution in [1.29, 1.82) is 0 Å². The summed E-state index contributed by atoms with van der Waals surface area (Å²) in [6.07, 6.45) is -5.92. The summed E-state index contributed by atoms with van der Waals surface area (Å²) in [5.41, 5.74) is -3.34. The normalized spacial score (nSPS) is 13.1. The van der Waals surface area contributed by atoms with Gasteiger partial charge in [-0.2, -0.15) is 35.8 Å². The molecule has 15 nitrogen and oxygen atoms in total. The van der Waals surface area contributed by atoms with Crippen molar-refractivity contribution in [3.05, 3.63) is 0 Å². The molecule has 0 fully saturated rings. The quantitative estimate of drug-likeness (QED) is 0.124. The Hall–Kier alpha value is -3.07. The molecule has 2 amide bonds. The standard InChI is InChI=1S/C17H29F2NO7.C16H29F2NO6.2H2S/c1-15(2,3)26-13(22)20(7)11(9-17(18,19)12(21)24-8)10-25-14(23)27-16(4,5)6;1-14(2,3)24-12(21)19(7)11(8-16(17,18)10-20)9-23-13(22)25-15(4,5)6;;/h11H,9-10H2,1-8H3;11,20H,8-10H2,1-7H3;2*1H2/t2*11-;;/m00../s1. The molecule has 54 heavy (non-hydrogen) atoms. The maximum atomic E-state index is 14.0. The number of esters is 1. The molecule has 0 saturated heterocycles. The summed E-state index contributed by atoms with van der Waals surface area (Å²) in [6.45, 7) is 16.8. The number of ether oxygens (including phenoxy) is 7. The highest BCUT2D eigenvalue weighted by Gasteiger charge is 2.45. The van der Waals surface area contributed by atoms with Gasteiger partial charge in [-0.3, -0.25) is 0 Å². The summed E-state index contributed by atoms with van der Waals surface area (Å²) < 4.78 is 89.0. The van der Waals surface area contributed by atoms with E-state index in [2.05, 4.69) is 4.74 Å². The van der Waals surface area contributed by atoms with Gasteiger partial charge in [0.2, 0.25) is 0 Å². The fourth-order valence-electron chi connectivity index (χ4n) is 3.41. The lowest BCUT2D eigenvalue weighted by atomic mass is 10.1. The van der Waals surface area contributed by atoms with E-state index in [-0.39, 0.29) is 27.0 Å². The van der Waals surface area contributed by atoms with Crippen LogP contribution in [0.1, 0.15) is 95.9 Å². The molecule has 21 heteroatoms. The Morgan fingerprint density at radius 3 is 1.13 bits per heavy atom. The molecular formula is C33H62F4N2O13S2. The minimum Gasteiger partial charge on any atom is -0.465 e. The zero-order valence-electron chi connectivity index (χ0n) is 33.9. The maximum absolute atomic E-state index is 14.0. The predicted molar refractivity (Wildman–Crippen MR) is 199 cm³/mol. The summed E-state index contributed by atoms with van der Waals surface area (Å²) in [6, 6.07) is -2.56. The maximum Gasteiger partial charge on any atom is 0.508 e. The second kappa shape index (κ2) is 23.1. The first-order valence-electron chi connectivity index (χ1n) is 16.1. The van der Waals surface area contributed by atoms with Crippen LogP contribution in [-0.2, 0) is 38.0 Å². The van der Waals surface area contributed by atoms with E-state index in [9.17, 15) is 41.5 Å². The largest absolute Gasteiger partial charge is 0.508 e. The Morgan fingerprint density at radius 1 is 0.574 bits per heavy atom. The molecule has 0 radical (unpaired) electrons. The summed E-state index contributed by atoms with van der Waals surface area (Å²) in [5.74, 6) is -9.10. The van der Waals surface area contributed by atoms with Crippen LogP contribution in [0.3, 0.4) is 0 Å². The van der Waals surface area contributed by atoms with Crippen LogP contribution in [0.2, 0.25) is 0 Å². The minimum absolute atomic E-state index is 0. The van der Waals surface area contributed by atoms with Gasteiger partial charge >= 0.3 is 36.4 Å². The minimum atomic E-state index is -3.90. The first kappa shape index (κ1) is 57.6. The van der Waals surface area contributed by atoms with Crippen molar-refractivity contribution < 1.29 is 79.8 Å². The Kier molecular flexibility index (Phi) is 24.7. The van der Waals surface area contributed by atoms with Gasteiger partial charge in [-0.05, 0) is 83.1 Å². The SMILES string of the molecule is CN(C(=O)OC(C)(C)C)[C@H](COC(=O)OC(C)(C)C)CC(F)(F)CO.COC(=O)C(F)(F)C[C@@H](COC(=O)OC(C)(C)C)N(C)C(=O)OC(C)(C)C.S.S. The number of rotatable bonds is 12. The number of amides is 2. The van der Waals surface area contributed by atoms with Crippen molar-refractivity contribution in [2.75, 3.05) is 41.0 Å². The Balaban J connectivity index is -0.000000448. The molecular weight excluding hydrogens is 772 g/mol. The van der Waals surface area contributed by atoms with E-state index >= 15 is 0 Å². The molecule has 322 valence electrons. The Morgan fingerprint density at radius 2 is 0.870 bits per heavy atom. The number of methoxy groups -OCH3 is 1. The first-order chi connectivity index (χ1) is 23.0. The molecule has 0 aliphatic carbocycles. The highest BCUT2D eigenvalue weighted by molar-refractivity contribution is 7.59. The van der Waals surface area contributed by atoms with E-state index in [1.165, 1.54) is 14.1 Å². The molecule has 0 aliphatic rings. The fourth-order valence-corrected chi connectivity index (χ4v) is 3.41. The van der Waals surface area contributed by atoms with Gasteiger partial charge in [-0.1, -0.05) is 0 Å². The van der Waals surface area contributed by atoms with Crippen LogP contribution in [0.4, 0.5) is 36.7 Å². The predicted octanol–water partition coefficient (Wildman–Crippen LogP) is 6.79. The third-order valence-electron chi connectivity index (χ3n) is 5.77. The van der Waals surface area contributed by atoms with Gasteiger partial charge in [0.05, 0.1) is 19.2 Å². The third-order valence-corrected chi connectivity index (χ3v) is 5.77. The van der Waals surface area contributed by atoms with Crippen LogP contribution >= 0.6 is 27.0 Å². The molecule has 0 unspecified atom stereocenters. The van der Waals surface area contributed by atoms with Gasteiger partial charge < -0.3 is 48.1 Å². The first-order valence-corrected chi connectivity index (χ1v) is 16.1. The molecule has 0 aromatic carbocycles. The van der Waals surface area contributed by atoms with Crippen molar-refractivity contribution in [3.8, 4) is 0 Å². The van der Waals surface area contributed by atoms with Crippen molar-refractivity contribution in [3.63, 3.8) is 0 Å². The molecule has 0 aliphatic heterocycles. The van der Waals surface area contributed by atoms with E-state index in [0.29, 0.717) is 0 Å². The number of aliphatic hydroxyl groups is 1. The van der Waals surface area contributed by atoms with Crippen LogP contribution in [0.5, 0.6) is 0 Å². The number of carbonyl (C=O) groups is 5. The van der Waals surface area contributed by atoms with Gasteiger partial charge in [0, 0.05) is 26.9 Å². The Bertz CT molecular complexity index is 1190. The van der Waals surface area contributed by atoms with E-state index < -0.39 is 109 Å². The van der Waals surface area contributed by atoms with E-state index in [1.54, 1.807) is 83.1 Å². The lowest BCUT2D eigenvalue weighted by Gasteiger charge is -2.32. The van der Waals surface area contributed by atoms with Crippen molar-refractivity contribution in [2.24, 2.45) is 0 Å². The molecule has 0 spiro atoms. The number of hydrogen-bond acceptors (Lipinski definition) is 13. The second-order valence-corrected chi connectivity index (χ2v) is 15.7. The summed E-state index contributed by atoms with van der Waals surface area (Å²) >= 11 is 0. The van der Waals surface area contributed by atoms with E-state index in [0.717, 1.165) is 16.9 Å². The zero-order valence-corrected chi connectivity index (χ0v) is 35.9. The van der Waals surface area contributed by atoms with Crippen molar-refractivity contribution in [1.82, 2.24) is 9.80 Å². The van der Waals surface area contributed by atoms with Crippen molar-refractivity contribution in [2.45, 2.75) is 142 Å². The molecule has 0 saturated carbocycles. The number of carbonyl (C=O) groups excluding carboxylic acids is 5. The van der Waals surface area contributed by atoms with Gasteiger partial charge in [-0.15, -0.1) is 0 Å². The molecule has 1 N–H and O–H groups in total. The smallest absolute Gasteiger partial charge is 0.465 e. The van der Waals surface area contributed by atoms with Gasteiger partial charge in [0.1, 0.15) is 42.2 Å². The van der Waals surface area contributed by atoms with Crippen LogP contribution in [0, 0.1) is 0 Å². The fraction of sp³-hybridized carbons (Fsp3) is 0.848. The topological polar surface area (TPSA) is 177 Å². The highest BCUT2D eigenvalue weighted by atomic mass is 32.1. The summed E-state index contributed by atoms with van der Waals surface area (Å²) in [4.78, 5) is 60.6. The molecule has 0 heterocycles. The summed E-state index contributed by atoms with van der Waals surface area (Å²) in [7, 11) is 3.27. The number of hydrogen-bond donors (Lipinski definition) is 1. The highest BCUT2D eigenvalue weighted by Crippen LogP contribution is 2.26. The number of halogens is 4. The van der Waals surface area contributed by atoms with Crippen LogP contribution in [0.25, 0.3) is 0 Å². The number of nitrogens with zero attached hydrogens (tertiary/aromatic N) is 2. The molecule has 0 aromatic heterocycles. The second-order valence-electron chi connectivity index (χ2n) is 15.7. The van der Waals surface area contributed by atoms with Gasteiger partial charge in [0.15, 0.2) is 0 Å². The molecule has 0 aromatic rings. The third kappa shape index (κ3) is 27.5.